The average Bonchev–Trinajstić information content (AvgIpc) is 3.48. The van der Waals surface area contributed by atoms with Crippen molar-refractivity contribution < 1.29 is 68.4 Å². The number of hydrogen-bond donors (Lipinski definition) is 6. The van der Waals surface area contributed by atoms with Gasteiger partial charge in [0.1, 0.15) is 35.8 Å². The van der Waals surface area contributed by atoms with E-state index in [2.05, 4.69) is 0 Å². The van der Waals surface area contributed by atoms with Crippen molar-refractivity contribution in [2.45, 2.75) is 121 Å². The van der Waals surface area contributed by atoms with Gasteiger partial charge in [-0.3, -0.25) is 9.59 Å². The zero-order valence-electron chi connectivity index (χ0n) is 26.5. The number of carboxylic acids is 2. The first kappa shape index (κ1) is 33.5. The Bertz CT molecular complexity index is 1380. The molecule has 0 radical (unpaired) electrons. The van der Waals surface area contributed by atoms with Gasteiger partial charge in [-0.15, -0.1) is 0 Å². The largest absolute Gasteiger partial charge is 0.481 e. The van der Waals surface area contributed by atoms with Crippen LogP contribution in [0.4, 0.5) is 0 Å². The van der Waals surface area contributed by atoms with Crippen LogP contribution in [0.15, 0.2) is 23.0 Å². The predicted octanol–water partition coefficient (Wildman–Crippen LogP) is 1.03. The molecule has 2 aliphatic carbocycles. The van der Waals surface area contributed by atoms with E-state index < -0.39 is 101 Å². The van der Waals surface area contributed by atoms with Crippen LogP contribution in [0, 0.1) is 28.1 Å². The summed E-state index contributed by atoms with van der Waals surface area (Å²) in [5.74, 6) is -3.42. The number of Topliss-reactive ketones (excluding diaryl/α,β-unsaturated/α-hetero) is 1. The van der Waals surface area contributed by atoms with Crippen molar-refractivity contribution in [2.75, 3.05) is 6.61 Å². The van der Waals surface area contributed by atoms with Crippen LogP contribution in [0.25, 0.3) is 0 Å². The molecule has 14 atom stereocenters. The van der Waals surface area contributed by atoms with Crippen LogP contribution in [-0.2, 0) is 33.3 Å². The molecule has 256 valence electrons. The molecule has 1 aromatic heterocycles. The minimum atomic E-state index is -1.75. The zero-order valence-corrected chi connectivity index (χ0v) is 26.5. The maximum Gasteiger partial charge on any atom is 0.335 e. The first-order valence-electron chi connectivity index (χ1n) is 15.7. The molecule has 0 aromatic carbocycles. The molecular weight excluding hydrogens is 608 g/mol. The fraction of sp³-hybridized carbons (Fsp3) is 0.781. The summed E-state index contributed by atoms with van der Waals surface area (Å²) >= 11 is 0. The summed E-state index contributed by atoms with van der Waals surface area (Å²) in [6, 6.07) is 1.59. The molecule has 14 heteroatoms. The van der Waals surface area contributed by atoms with Crippen molar-refractivity contribution in [3.8, 4) is 0 Å². The molecule has 4 heterocycles. The monoisotopic (exact) mass is 652 g/mol. The maximum atomic E-state index is 14.6. The molecular formula is C32H44O14. The molecule has 0 amide bonds. The highest BCUT2D eigenvalue weighted by Crippen LogP contribution is 2.78. The molecule has 3 aliphatic heterocycles. The molecule has 0 bridgehead atoms. The van der Waals surface area contributed by atoms with E-state index in [0.717, 1.165) is 0 Å². The van der Waals surface area contributed by atoms with Gasteiger partial charge in [0, 0.05) is 28.7 Å². The number of fused-ring (bicyclic) bond motifs is 4. The van der Waals surface area contributed by atoms with E-state index >= 15 is 0 Å². The van der Waals surface area contributed by atoms with E-state index in [1.807, 2.05) is 20.8 Å². The molecule has 1 aromatic rings. The van der Waals surface area contributed by atoms with Crippen molar-refractivity contribution in [3.63, 3.8) is 0 Å². The lowest BCUT2D eigenvalue weighted by molar-refractivity contribution is -0.328. The third kappa shape index (κ3) is 4.27. The molecule has 1 spiro atoms. The van der Waals surface area contributed by atoms with Gasteiger partial charge in [-0.05, 0) is 45.6 Å². The number of aliphatic carboxylic acids is 2. The van der Waals surface area contributed by atoms with Crippen molar-refractivity contribution in [1.29, 1.82) is 0 Å². The third-order valence-corrected chi connectivity index (χ3v) is 12.5. The second kappa shape index (κ2) is 10.8. The molecule has 6 N–H and O–H groups in total. The Hall–Kier alpha value is -2.43. The van der Waals surface area contributed by atoms with E-state index in [9.17, 15) is 45.0 Å². The van der Waals surface area contributed by atoms with E-state index in [0.29, 0.717) is 12.0 Å². The fourth-order valence-corrected chi connectivity index (χ4v) is 10.3. The Morgan fingerprint density at radius 2 is 1.72 bits per heavy atom. The van der Waals surface area contributed by atoms with Gasteiger partial charge >= 0.3 is 11.9 Å². The summed E-state index contributed by atoms with van der Waals surface area (Å²) in [5, 5.41) is 61.8. The minimum Gasteiger partial charge on any atom is -0.481 e. The number of ketones is 1. The highest BCUT2D eigenvalue weighted by molar-refractivity contribution is 5.92. The number of hydrogen-bond acceptors (Lipinski definition) is 12. The second-order valence-electron chi connectivity index (χ2n) is 14.9. The number of furan rings is 1. The van der Waals surface area contributed by atoms with Crippen LogP contribution in [0.1, 0.15) is 72.0 Å². The molecule has 46 heavy (non-hydrogen) atoms. The van der Waals surface area contributed by atoms with Gasteiger partial charge in [0.2, 0.25) is 0 Å². The maximum absolute atomic E-state index is 14.6. The summed E-state index contributed by atoms with van der Waals surface area (Å²) in [6.45, 7) is 8.44. The zero-order chi connectivity index (χ0) is 33.8. The van der Waals surface area contributed by atoms with Gasteiger partial charge in [0.25, 0.3) is 0 Å². The normalized spacial score (nSPS) is 48.5. The summed E-state index contributed by atoms with van der Waals surface area (Å²) < 4.78 is 30.2. The van der Waals surface area contributed by atoms with Crippen LogP contribution in [-0.4, -0.2) is 109 Å². The van der Waals surface area contributed by atoms with Gasteiger partial charge in [0.15, 0.2) is 12.4 Å². The first-order valence-corrected chi connectivity index (χ1v) is 15.7. The lowest BCUT2D eigenvalue weighted by Crippen LogP contribution is -2.70. The molecule has 14 unspecified atom stereocenters. The average molecular weight is 653 g/mol. The molecule has 14 nitrogen and oxygen atoms in total. The lowest BCUT2D eigenvalue weighted by Gasteiger charge is -2.64. The van der Waals surface area contributed by atoms with Crippen molar-refractivity contribution >= 4 is 17.7 Å². The molecule has 3 saturated heterocycles. The quantitative estimate of drug-likeness (QED) is 0.216. The van der Waals surface area contributed by atoms with E-state index in [4.69, 9.17) is 23.4 Å². The Morgan fingerprint density at radius 3 is 2.28 bits per heavy atom. The van der Waals surface area contributed by atoms with Gasteiger partial charge in [0.05, 0.1) is 48.8 Å². The van der Waals surface area contributed by atoms with E-state index in [-0.39, 0.29) is 31.0 Å². The lowest BCUT2D eigenvalue weighted by atomic mass is 9.37. The highest BCUT2D eigenvalue weighted by atomic mass is 16.7. The van der Waals surface area contributed by atoms with Crippen LogP contribution in [0.2, 0.25) is 0 Å². The minimum absolute atomic E-state index is 0.0179. The number of rotatable bonds is 8. The second-order valence-corrected chi connectivity index (χ2v) is 14.9. The third-order valence-electron chi connectivity index (χ3n) is 12.5. The number of carbonyl (C=O) groups is 3. The number of aliphatic hydroxyl groups excluding tert-OH is 4. The number of carboxylic acid groups (broad SMARTS) is 2. The number of epoxide rings is 1. The van der Waals surface area contributed by atoms with E-state index in [1.165, 1.54) is 12.5 Å². The number of carbonyl (C=O) groups excluding carboxylic acids is 1. The number of aliphatic hydroxyl groups is 4. The molecule has 5 fully saturated rings. The topological polar surface area (TPSA) is 226 Å². The predicted molar refractivity (Wildman–Crippen MR) is 153 cm³/mol. The van der Waals surface area contributed by atoms with Gasteiger partial charge in [-0.25, -0.2) is 4.79 Å². The molecule has 5 aliphatic rings. The van der Waals surface area contributed by atoms with Gasteiger partial charge < -0.3 is 54.0 Å². The summed E-state index contributed by atoms with van der Waals surface area (Å²) in [4.78, 5) is 39.5. The SMILES string of the molecule is CC1(C)OC(CC(=O)O)C2(C)C1CC(=O)C1(C)C2CCC(C)(C(OC2OC(CO)C(O)C(O)C2O)c2ccoc2)C12OC2C(=O)O. The summed E-state index contributed by atoms with van der Waals surface area (Å²) in [7, 11) is 0. The van der Waals surface area contributed by atoms with E-state index in [1.54, 1.807) is 19.9 Å². The van der Waals surface area contributed by atoms with Crippen molar-refractivity contribution in [1.82, 2.24) is 0 Å². The summed E-state index contributed by atoms with van der Waals surface area (Å²) in [6.07, 6.45) is -8.18. The van der Waals surface area contributed by atoms with Gasteiger partial charge in [-0.1, -0.05) is 13.8 Å². The van der Waals surface area contributed by atoms with Crippen LogP contribution < -0.4 is 0 Å². The van der Waals surface area contributed by atoms with Crippen LogP contribution in [0.5, 0.6) is 0 Å². The fourth-order valence-electron chi connectivity index (χ4n) is 10.3. The Morgan fingerprint density at radius 1 is 1.02 bits per heavy atom. The van der Waals surface area contributed by atoms with Gasteiger partial charge in [-0.2, -0.15) is 0 Å². The molecule has 6 rings (SSSR count). The highest BCUT2D eigenvalue weighted by Gasteiger charge is 2.87. The standard InChI is InChI=1S/C32H44O14/c1-28(2)17-10-18(34)31(5)16(30(17,4)19(45-28)11-20(35)36)6-8-29(3,32(31)25(46-32)26(40)41)24(14-7-9-42-13-14)44-27-23(39)22(38)21(37)15(12-33)43-27/h7,9,13,15-17,19,21-25,27,33,37-39H,6,8,10-12H2,1-5H3,(H,35,36)(H,40,41). The Balaban J connectivity index is 1.48. The smallest absolute Gasteiger partial charge is 0.335 e. The Labute approximate surface area is 265 Å². The number of ether oxygens (including phenoxy) is 4. The van der Waals surface area contributed by atoms with Crippen molar-refractivity contribution in [2.24, 2.45) is 28.1 Å². The Kier molecular flexibility index (Phi) is 7.85. The first-order chi connectivity index (χ1) is 21.4. The summed E-state index contributed by atoms with van der Waals surface area (Å²) in [5.41, 5.74) is -5.66. The van der Waals surface area contributed by atoms with Crippen molar-refractivity contribution in [3.05, 3.63) is 24.2 Å². The van der Waals surface area contributed by atoms with Crippen LogP contribution in [0.3, 0.4) is 0 Å². The molecule has 2 saturated carbocycles. The van der Waals surface area contributed by atoms with Crippen LogP contribution >= 0.6 is 0 Å².